The van der Waals surface area contributed by atoms with Gasteiger partial charge in [-0.05, 0) is 38.5 Å². The van der Waals surface area contributed by atoms with Crippen molar-refractivity contribution in [1.82, 2.24) is 5.32 Å². The highest BCUT2D eigenvalue weighted by molar-refractivity contribution is 4.85. The van der Waals surface area contributed by atoms with Crippen LogP contribution >= 0.6 is 0 Å². The predicted molar refractivity (Wildman–Crippen MR) is 71.7 cm³/mol. The highest BCUT2D eigenvalue weighted by atomic mass is 16.3. The van der Waals surface area contributed by atoms with Gasteiger partial charge in [-0.1, -0.05) is 34.1 Å². The summed E-state index contributed by atoms with van der Waals surface area (Å²) in [6.07, 6.45) is 5.59. The molecule has 0 aliphatic rings. The average Bonchev–Trinajstić information content (AvgIpc) is 2.28. The lowest BCUT2D eigenvalue weighted by Crippen LogP contribution is -2.48. The van der Waals surface area contributed by atoms with Gasteiger partial charge in [-0.15, -0.1) is 0 Å². The highest BCUT2D eigenvalue weighted by Crippen LogP contribution is 2.19. The van der Waals surface area contributed by atoms with Gasteiger partial charge >= 0.3 is 0 Å². The Morgan fingerprint density at radius 2 is 1.81 bits per heavy atom. The summed E-state index contributed by atoms with van der Waals surface area (Å²) in [6, 6.07) is 0.589. The smallest absolute Gasteiger partial charge is 0.0448 e. The van der Waals surface area contributed by atoms with E-state index in [9.17, 15) is 0 Å². The first-order chi connectivity index (χ1) is 7.51. The molecule has 0 spiro atoms. The van der Waals surface area contributed by atoms with Crippen molar-refractivity contribution < 1.29 is 5.11 Å². The molecule has 2 nitrogen and oxygen atoms in total. The second-order valence-electron chi connectivity index (χ2n) is 5.39. The van der Waals surface area contributed by atoms with Gasteiger partial charge in [0.15, 0.2) is 0 Å². The highest BCUT2D eigenvalue weighted by Gasteiger charge is 2.24. The fourth-order valence-electron chi connectivity index (χ4n) is 2.07. The summed E-state index contributed by atoms with van der Waals surface area (Å²) in [6.45, 7) is 11.5. The van der Waals surface area contributed by atoms with E-state index in [1.54, 1.807) is 0 Å². The summed E-state index contributed by atoms with van der Waals surface area (Å²) in [7, 11) is 0. The molecular formula is C14H31NO. The summed E-state index contributed by atoms with van der Waals surface area (Å²) >= 11 is 0. The summed E-state index contributed by atoms with van der Waals surface area (Å²) in [4.78, 5) is 0. The van der Waals surface area contributed by atoms with Gasteiger partial charge in [0.2, 0.25) is 0 Å². The molecule has 3 unspecified atom stereocenters. The molecule has 0 aromatic heterocycles. The molecule has 3 atom stereocenters. The van der Waals surface area contributed by atoms with Crippen LogP contribution in [0.15, 0.2) is 0 Å². The van der Waals surface area contributed by atoms with Crippen molar-refractivity contribution in [2.24, 2.45) is 5.92 Å². The van der Waals surface area contributed by atoms with E-state index in [0.29, 0.717) is 6.04 Å². The van der Waals surface area contributed by atoms with Crippen LogP contribution in [-0.4, -0.2) is 23.3 Å². The Morgan fingerprint density at radius 1 is 1.19 bits per heavy atom. The van der Waals surface area contributed by atoms with Gasteiger partial charge in [0, 0.05) is 18.2 Å². The van der Waals surface area contributed by atoms with E-state index < -0.39 is 0 Å². The van der Waals surface area contributed by atoms with E-state index in [-0.39, 0.29) is 12.1 Å². The number of aliphatic hydroxyl groups excluding tert-OH is 1. The molecule has 0 fully saturated rings. The van der Waals surface area contributed by atoms with E-state index in [4.69, 9.17) is 5.11 Å². The predicted octanol–water partition coefficient (Wildman–Crippen LogP) is 3.34. The number of aliphatic hydroxyl groups is 1. The molecule has 2 heteroatoms. The third-order valence-electron chi connectivity index (χ3n) is 3.87. The van der Waals surface area contributed by atoms with Gasteiger partial charge in [0.1, 0.15) is 0 Å². The van der Waals surface area contributed by atoms with Crippen molar-refractivity contribution in [2.45, 2.75) is 78.3 Å². The van der Waals surface area contributed by atoms with E-state index >= 15 is 0 Å². The van der Waals surface area contributed by atoms with E-state index in [2.05, 4.69) is 39.9 Å². The topological polar surface area (TPSA) is 32.3 Å². The Kier molecular flexibility index (Phi) is 8.04. The number of nitrogens with one attached hydrogen (secondary N) is 1. The maximum Gasteiger partial charge on any atom is 0.0448 e. The molecule has 0 rings (SSSR count). The van der Waals surface area contributed by atoms with E-state index in [1.165, 1.54) is 19.3 Å². The van der Waals surface area contributed by atoms with E-state index in [0.717, 1.165) is 18.8 Å². The molecule has 98 valence electrons. The Balaban J connectivity index is 4.26. The molecule has 0 aliphatic carbocycles. The van der Waals surface area contributed by atoms with Crippen LogP contribution in [0, 0.1) is 5.92 Å². The number of hydrogen-bond donors (Lipinski definition) is 2. The lowest BCUT2D eigenvalue weighted by molar-refractivity contribution is 0.192. The third-order valence-corrected chi connectivity index (χ3v) is 3.87. The van der Waals surface area contributed by atoms with Crippen LogP contribution in [0.1, 0.15) is 66.7 Å². The summed E-state index contributed by atoms with van der Waals surface area (Å²) in [5.41, 5.74) is 0.100. The molecule has 0 radical (unpaired) electrons. The van der Waals surface area contributed by atoms with Gasteiger partial charge in [0.05, 0.1) is 0 Å². The van der Waals surface area contributed by atoms with Crippen molar-refractivity contribution in [1.29, 1.82) is 0 Å². The summed E-state index contributed by atoms with van der Waals surface area (Å²) < 4.78 is 0. The van der Waals surface area contributed by atoms with Crippen molar-refractivity contribution in [3.63, 3.8) is 0 Å². The zero-order valence-electron chi connectivity index (χ0n) is 11.8. The monoisotopic (exact) mass is 229 g/mol. The summed E-state index contributed by atoms with van der Waals surface area (Å²) in [5.74, 6) is 0.785. The minimum absolute atomic E-state index is 0.100. The zero-order valence-corrected chi connectivity index (χ0v) is 11.8. The molecular weight excluding hydrogens is 198 g/mol. The fourth-order valence-corrected chi connectivity index (χ4v) is 2.07. The largest absolute Gasteiger partial charge is 0.396 e. The third kappa shape index (κ3) is 5.86. The SMILES string of the molecule is CCC(C)CC(CC)NC(C)(CC)CCO. The quantitative estimate of drug-likeness (QED) is 0.635. The van der Waals surface area contributed by atoms with Crippen molar-refractivity contribution in [3.05, 3.63) is 0 Å². The second-order valence-corrected chi connectivity index (χ2v) is 5.39. The lowest BCUT2D eigenvalue weighted by atomic mass is 9.90. The van der Waals surface area contributed by atoms with Crippen molar-refractivity contribution in [3.8, 4) is 0 Å². The van der Waals surface area contributed by atoms with Crippen LogP contribution in [0.2, 0.25) is 0 Å². The van der Waals surface area contributed by atoms with Crippen LogP contribution in [0.4, 0.5) is 0 Å². The number of rotatable bonds is 9. The maximum absolute atomic E-state index is 9.11. The van der Waals surface area contributed by atoms with Gasteiger partial charge in [0.25, 0.3) is 0 Å². The van der Waals surface area contributed by atoms with Crippen LogP contribution < -0.4 is 5.32 Å². The number of hydrogen-bond acceptors (Lipinski definition) is 2. The first kappa shape index (κ1) is 15.9. The Morgan fingerprint density at radius 3 is 2.19 bits per heavy atom. The van der Waals surface area contributed by atoms with Gasteiger partial charge in [-0.3, -0.25) is 0 Å². The van der Waals surface area contributed by atoms with Gasteiger partial charge < -0.3 is 10.4 Å². The van der Waals surface area contributed by atoms with Crippen molar-refractivity contribution in [2.75, 3.05) is 6.61 Å². The van der Waals surface area contributed by atoms with Gasteiger partial charge in [-0.25, -0.2) is 0 Å². The fraction of sp³-hybridized carbons (Fsp3) is 1.00. The Labute approximate surface area is 102 Å². The van der Waals surface area contributed by atoms with Crippen molar-refractivity contribution >= 4 is 0 Å². The van der Waals surface area contributed by atoms with Gasteiger partial charge in [-0.2, -0.15) is 0 Å². The minimum Gasteiger partial charge on any atom is -0.396 e. The molecule has 0 aromatic carbocycles. The second kappa shape index (κ2) is 8.08. The lowest BCUT2D eigenvalue weighted by Gasteiger charge is -2.35. The first-order valence-corrected chi connectivity index (χ1v) is 6.89. The van der Waals surface area contributed by atoms with Crippen LogP contribution in [0.5, 0.6) is 0 Å². The molecule has 0 saturated carbocycles. The first-order valence-electron chi connectivity index (χ1n) is 6.89. The molecule has 0 heterocycles. The molecule has 2 N–H and O–H groups in total. The maximum atomic E-state index is 9.11. The molecule has 0 saturated heterocycles. The average molecular weight is 229 g/mol. The van der Waals surface area contributed by atoms with Crippen LogP contribution in [0.25, 0.3) is 0 Å². The standard InChI is InChI=1S/C14H31NO/c1-6-12(4)11-13(7-2)15-14(5,8-3)9-10-16/h12-13,15-16H,6-11H2,1-5H3. The molecule has 0 aliphatic heterocycles. The minimum atomic E-state index is 0.100. The zero-order chi connectivity index (χ0) is 12.6. The molecule has 0 aromatic rings. The van der Waals surface area contributed by atoms with Crippen LogP contribution in [-0.2, 0) is 0 Å². The van der Waals surface area contributed by atoms with E-state index in [1.807, 2.05) is 0 Å². The molecule has 0 bridgehead atoms. The Hall–Kier alpha value is -0.0800. The summed E-state index contributed by atoms with van der Waals surface area (Å²) in [5, 5.41) is 12.8. The Bertz CT molecular complexity index is 172. The molecule has 0 amide bonds. The normalized spacial score (nSPS) is 19.1. The van der Waals surface area contributed by atoms with Crippen LogP contribution in [0.3, 0.4) is 0 Å². The molecule has 16 heavy (non-hydrogen) atoms.